The first kappa shape index (κ1) is 19.4. The van der Waals surface area contributed by atoms with Crippen molar-refractivity contribution in [1.29, 1.82) is 0 Å². The maximum Gasteiger partial charge on any atom is 0.161 e. The molecule has 23 heavy (non-hydrogen) atoms. The van der Waals surface area contributed by atoms with E-state index >= 15 is 0 Å². The number of benzene rings is 1. The first-order valence-corrected chi connectivity index (χ1v) is 12.1. The van der Waals surface area contributed by atoms with Crippen LogP contribution in [0.3, 0.4) is 0 Å². The van der Waals surface area contributed by atoms with Gasteiger partial charge in [0.15, 0.2) is 5.78 Å². The fourth-order valence-electron chi connectivity index (χ4n) is 2.12. The van der Waals surface area contributed by atoms with E-state index in [1.165, 1.54) is 6.04 Å². The van der Waals surface area contributed by atoms with Crippen LogP contribution < -0.4 is 0 Å². The Morgan fingerprint density at radius 1 is 1.17 bits per heavy atom. The summed E-state index contributed by atoms with van der Waals surface area (Å²) in [6.45, 7) is 10.8. The molecule has 0 saturated heterocycles. The number of rotatable bonds is 9. The van der Waals surface area contributed by atoms with Gasteiger partial charge >= 0.3 is 0 Å². The van der Waals surface area contributed by atoms with Crippen LogP contribution in [0.1, 0.15) is 38.4 Å². The van der Waals surface area contributed by atoms with Gasteiger partial charge in [-0.25, -0.2) is 0 Å². The molecule has 0 aromatic heterocycles. The van der Waals surface area contributed by atoms with Gasteiger partial charge in [-0.2, -0.15) is 0 Å². The molecule has 1 aromatic rings. The van der Waals surface area contributed by atoms with E-state index in [1.54, 1.807) is 6.26 Å². The fraction of sp³-hybridized carbons (Fsp3) is 0.450. The molecule has 0 N–H and O–H groups in total. The average molecular weight is 331 g/mol. The molecule has 0 fully saturated rings. The number of ketones is 1. The van der Waals surface area contributed by atoms with Crippen LogP contribution in [-0.4, -0.2) is 13.9 Å². The van der Waals surface area contributed by atoms with Crippen LogP contribution in [0.4, 0.5) is 0 Å². The summed E-state index contributed by atoms with van der Waals surface area (Å²) in [5, 5.41) is 0. The highest BCUT2D eigenvalue weighted by Gasteiger charge is 2.12. The van der Waals surface area contributed by atoms with E-state index < -0.39 is 8.07 Å². The molecular formula is C20H30O2Si. The lowest BCUT2D eigenvalue weighted by Crippen LogP contribution is -2.17. The summed E-state index contributed by atoms with van der Waals surface area (Å²) >= 11 is 0. The number of allylic oxidation sites excluding steroid dienone is 2. The summed E-state index contributed by atoms with van der Waals surface area (Å²) in [5.74, 6) is 0.131. The predicted molar refractivity (Wildman–Crippen MR) is 101 cm³/mol. The van der Waals surface area contributed by atoms with Gasteiger partial charge in [0.2, 0.25) is 0 Å². The summed E-state index contributed by atoms with van der Waals surface area (Å²) in [5.41, 5.74) is 1.82. The molecule has 1 aromatic carbocycles. The van der Waals surface area contributed by atoms with Crippen LogP contribution in [0, 0.1) is 0 Å². The highest BCUT2D eigenvalue weighted by molar-refractivity contribution is 6.76. The predicted octanol–water partition coefficient (Wildman–Crippen LogP) is 5.91. The Kier molecular flexibility index (Phi) is 8.03. The third-order valence-electron chi connectivity index (χ3n) is 3.59. The Labute approximate surface area is 142 Å². The van der Waals surface area contributed by atoms with E-state index in [1.807, 2.05) is 32.0 Å². The molecule has 1 rings (SSSR count). The first-order valence-electron chi connectivity index (χ1n) is 8.39. The molecule has 0 saturated carbocycles. The van der Waals surface area contributed by atoms with E-state index in [0.717, 1.165) is 12.0 Å². The standard InChI is InChI=1S/C20H30O2Si/c1-6-19(21)17(2)16-22-20(18-12-8-7-9-13-18)14-10-11-15-23(3,4)5/h7-13,16,20H,6,14-15H2,1-5H3/b11-10-,17-16+/t20-/m1/s1. The number of Topliss-reactive ketones (excluding diaryl/α,β-unsaturated/α-hetero) is 1. The normalized spacial score (nSPS) is 14.0. The molecule has 0 aliphatic rings. The van der Waals surface area contributed by atoms with Crippen molar-refractivity contribution in [3.63, 3.8) is 0 Å². The van der Waals surface area contributed by atoms with Crippen LogP contribution in [0.5, 0.6) is 0 Å². The van der Waals surface area contributed by atoms with Crippen molar-refractivity contribution in [2.45, 2.75) is 58.5 Å². The van der Waals surface area contributed by atoms with Gasteiger partial charge in [-0.3, -0.25) is 4.79 Å². The van der Waals surface area contributed by atoms with Crippen molar-refractivity contribution in [3.8, 4) is 0 Å². The maximum atomic E-state index is 11.7. The highest BCUT2D eigenvalue weighted by atomic mass is 28.3. The minimum absolute atomic E-state index is 0.0475. The topological polar surface area (TPSA) is 26.3 Å². The molecule has 0 aliphatic heterocycles. The van der Waals surface area contributed by atoms with Gasteiger partial charge in [-0.05, 0) is 18.5 Å². The third kappa shape index (κ3) is 7.98. The number of hydrogen-bond donors (Lipinski definition) is 0. The quantitative estimate of drug-likeness (QED) is 0.243. The molecular weight excluding hydrogens is 300 g/mol. The molecule has 2 nitrogen and oxygen atoms in total. The zero-order chi connectivity index (χ0) is 17.3. The molecule has 0 bridgehead atoms. The van der Waals surface area contributed by atoms with Crippen LogP contribution in [0.15, 0.2) is 54.3 Å². The lowest BCUT2D eigenvalue weighted by Gasteiger charge is -2.17. The maximum absolute atomic E-state index is 11.7. The first-order chi connectivity index (χ1) is 10.8. The number of ether oxygens (including phenoxy) is 1. The number of carbonyl (C=O) groups is 1. The molecule has 0 aliphatic carbocycles. The summed E-state index contributed by atoms with van der Waals surface area (Å²) in [6, 6.07) is 11.4. The average Bonchev–Trinajstić information content (AvgIpc) is 2.52. The number of hydrogen-bond acceptors (Lipinski definition) is 2. The minimum Gasteiger partial charge on any atom is -0.493 e. The summed E-state index contributed by atoms with van der Waals surface area (Å²) < 4.78 is 5.92. The number of carbonyl (C=O) groups excluding carboxylic acids is 1. The van der Waals surface area contributed by atoms with E-state index in [9.17, 15) is 4.79 Å². The van der Waals surface area contributed by atoms with Gasteiger partial charge in [-0.1, -0.05) is 69.0 Å². The van der Waals surface area contributed by atoms with Crippen molar-refractivity contribution in [1.82, 2.24) is 0 Å². The Morgan fingerprint density at radius 2 is 1.83 bits per heavy atom. The largest absolute Gasteiger partial charge is 0.493 e. The molecule has 0 radical (unpaired) electrons. The molecule has 1 atom stereocenters. The molecule has 126 valence electrons. The van der Waals surface area contributed by atoms with Crippen LogP contribution in [0.25, 0.3) is 0 Å². The lowest BCUT2D eigenvalue weighted by molar-refractivity contribution is -0.115. The molecule has 0 spiro atoms. The fourth-order valence-corrected chi connectivity index (χ4v) is 3.00. The van der Waals surface area contributed by atoms with Gasteiger partial charge in [0, 0.05) is 26.5 Å². The van der Waals surface area contributed by atoms with Crippen LogP contribution in [-0.2, 0) is 9.53 Å². The Bertz CT molecular complexity index is 539. The van der Waals surface area contributed by atoms with Crippen molar-refractivity contribution in [2.75, 3.05) is 0 Å². The van der Waals surface area contributed by atoms with E-state index in [2.05, 4.69) is 43.9 Å². The Hall–Kier alpha value is -1.61. The van der Waals surface area contributed by atoms with Crippen molar-refractivity contribution < 1.29 is 9.53 Å². The van der Waals surface area contributed by atoms with Gasteiger partial charge in [0.1, 0.15) is 6.10 Å². The van der Waals surface area contributed by atoms with Crippen molar-refractivity contribution in [2.24, 2.45) is 0 Å². The second kappa shape index (κ2) is 9.51. The van der Waals surface area contributed by atoms with Crippen LogP contribution in [0.2, 0.25) is 25.7 Å². The van der Waals surface area contributed by atoms with Crippen molar-refractivity contribution in [3.05, 3.63) is 59.9 Å². The zero-order valence-electron chi connectivity index (χ0n) is 15.1. The summed E-state index contributed by atoms with van der Waals surface area (Å²) in [7, 11) is -1.05. The van der Waals surface area contributed by atoms with Gasteiger partial charge < -0.3 is 4.74 Å². The molecule has 0 unspecified atom stereocenters. The van der Waals surface area contributed by atoms with E-state index in [0.29, 0.717) is 12.0 Å². The Morgan fingerprint density at radius 3 is 2.39 bits per heavy atom. The second-order valence-corrected chi connectivity index (χ2v) is 12.6. The smallest absolute Gasteiger partial charge is 0.161 e. The van der Waals surface area contributed by atoms with Gasteiger partial charge in [0.25, 0.3) is 0 Å². The molecule has 0 heterocycles. The zero-order valence-corrected chi connectivity index (χ0v) is 16.1. The SMILES string of the molecule is CCC(=O)/C(C)=C/O[C@H](C/C=C\C[Si](C)(C)C)c1ccccc1. The van der Waals surface area contributed by atoms with Gasteiger partial charge in [-0.15, -0.1) is 0 Å². The lowest BCUT2D eigenvalue weighted by atomic mass is 10.1. The summed E-state index contributed by atoms with van der Waals surface area (Å²) in [4.78, 5) is 11.7. The van der Waals surface area contributed by atoms with E-state index in [4.69, 9.17) is 4.74 Å². The van der Waals surface area contributed by atoms with Crippen molar-refractivity contribution >= 4 is 13.9 Å². The second-order valence-electron chi connectivity index (χ2n) is 7.08. The molecule has 3 heteroatoms. The van der Waals surface area contributed by atoms with Gasteiger partial charge in [0.05, 0.1) is 6.26 Å². The van der Waals surface area contributed by atoms with E-state index in [-0.39, 0.29) is 11.9 Å². The highest BCUT2D eigenvalue weighted by Crippen LogP contribution is 2.23. The Balaban J connectivity index is 2.77. The summed E-state index contributed by atoms with van der Waals surface area (Å²) in [6.07, 6.45) is 7.39. The minimum atomic E-state index is -1.05. The molecule has 0 amide bonds. The van der Waals surface area contributed by atoms with Crippen LogP contribution >= 0.6 is 0 Å². The monoisotopic (exact) mass is 330 g/mol. The third-order valence-corrected chi connectivity index (χ3v) is 5.05.